The quantitative estimate of drug-likeness (QED) is 0.0984. The molecule has 0 amide bonds. The van der Waals surface area contributed by atoms with Crippen LogP contribution >= 0.6 is 0 Å². The van der Waals surface area contributed by atoms with E-state index in [0.717, 1.165) is 17.1 Å². The molecule has 0 saturated carbocycles. The van der Waals surface area contributed by atoms with E-state index in [9.17, 15) is 0 Å². The van der Waals surface area contributed by atoms with E-state index in [1.807, 2.05) is 0 Å². The van der Waals surface area contributed by atoms with Gasteiger partial charge in [0.15, 0.2) is 8.07 Å². The van der Waals surface area contributed by atoms with Crippen LogP contribution in [0.15, 0.2) is 206 Å². The van der Waals surface area contributed by atoms with E-state index < -0.39 is 8.07 Å². The molecule has 0 aliphatic heterocycles. The fraction of sp³-hybridized carbons (Fsp3) is 0.103. The molecule has 9 aromatic rings. The highest BCUT2D eigenvalue weighted by Gasteiger charge is 2.42. The lowest BCUT2D eigenvalue weighted by Gasteiger charge is -2.35. The molecule has 0 bridgehead atoms. The zero-order valence-electron chi connectivity index (χ0n) is 36.2. The maximum Gasteiger partial charge on any atom is 0.242 e. The van der Waals surface area contributed by atoms with Crippen molar-refractivity contribution in [3.05, 3.63) is 240 Å². The second-order valence-electron chi connectivity index (χ2n) is 16.9. The van der Waals surface area contributed by atoms with Crippen molar-refractivity contribution in [2.24, 2.45) is 0 Å². The molecule has 0 heterocycles. The summed E-state index contributed by atoms with van der Waals surface area (Å²) in [6, 6.07) is 77.3. The van der Waals surface area contributed by atoms with Gasteiger partial charge in [0.05, 0.1) is 5.69 Å². The molecule has 0 spiro atoms. The summed E-state index contributed by atoms with van der Waals surface area (Å²) in [5, 5.41) is 7.89. The van der Waals surface area contributed by atoms with Gasteiger partial charge in [0.1, 0.15) is 0 Å². The van der Waals surface area contributed by atoms with Gasteiger partial charge in [-0.1, -0.05) is 226 Å². The van der Waals surface area contributed by atoms with Crippen LogP contribution in [-0.4, -0.2) is 14.8 Å². The van der Waals surface area contributed by atoms with Gasteiger partial charge >= 0.3 is 0 Å². The molecule has 0 aromatic heterocycles. The van der Waals surface area contributed by atoms with Crippen LogP contribution in [0.25, 0.3) is 10.8 Å². The molecule has 0 radical (unpaired) electrons. The molecular formula is C58H52BNSi. The molecule has 0 unspecified atom stereocenters. The molecular weight excluding hydrogens is 750 g/mol. The van der Waals surface area contributed by atoms with Crippen LogP contribution in [0.3, 0.4) is 0 Å². The van der Waals surface area contributed by atoms with Crippen LogP contribution in [0.5, 0.6) is 0 Å². The van der Waals surface area contributed by atoms with Crippen LogP contribution in [0, 0.1) is 41.5 Å². The first-order chi connectivity index (χ1) is 29.7. The topological polar surface area (TPSA) is 3.24 Å². The molecule has 1 nitrogen and oxygen atoms in total. The van der Waals surface area contributed by atoms with E-state index in [2.05, 4.69) is 253 Å². The number of hydrogen-bond donors (Lipinski definition) is 0. The number of fused-ring (bicyclic) bond motifs is 1. The van der Waals surface area contributed by atoms with E-state index in [1.54, 1.807) is 0 Å². The highest BCUT2D eigenvalue weighted by atomic mass is 28.3. The molecule has 0 N–H and O–H groups in total. The highest BCUT2D eigenvalue weighted by Crippen LogP contribution is 2.38. The molecule has 0 atom stereocenters. The molecule has 0 saturated heterocycles. The predicted octanol–water partition coefficient (Wildman–Crippen LogP) is 10.1. The average molecular weight is 802 g/mol. The van der Waals surface area contributed by atoms with Crippen molar-refractivity contribution in [1.82, 2.24) is 0 Å². The molecule has 61 heavy (non-hydrogen) atoms. The first-order valence-corrected chi connectivity index (χ1v) is 23.5. The molecule has 0 aliphatic carbocycles. The first-order valence-electron chi connectivity index (χ1n) is 21.5. The summed E-state index contributed by atoms with van der Waals surface area (Å²) >= 11 is 0. The van der Waals surface area contributed by atoms with Crippen molar-refractivity contribution in [2.75, 3.05) is 4.90 Å². The van der Waals surface area contributed by atoms with Crippen LogP contribution in [0.2, 0.25) is 0 Å². The van der Waals surface area contributed by atoms with E-state index in [1.165, 1.54) is 81.3 Å². The Morgan fingerprint density at radius 3 is 1.26 bits per heavy atom. The zero-order chi connectivity index (χ0) is 42.1. The Morgan fingerprint density at radius 1 is 0.361 bits per heavy atom. The monoisotopic (exact) mass is 801 g/mol. The van der Waals surface area contributed by atoms with Gasteiger partial charge in [0.25, 0.3) is 0 Å². The van der Waals surface area contributed by atoms with Crippen LogP contribution in [0.4, 0.5) is 17.1 Å². The van der Waals surface area contributed by atoms with Gasteiger partial charge in [-0.15, -0.1) is 0 Å². The largest absolute Gasteiger partial charge is 0.310 e. The van der Waals surface area contributed by atoms with Crippen molar-refractivity contribution >= 4 is 79.8 Å². The van der Waals surface area contributed by atoms with Crippen LogP contribution < -0.4 is 42.0 Å². The van der Waals surface area contributed by atoms with Crippen LogP contribution in [0.1, 0.15) is 33.4 Å². The van der Waals surface area contributed by atoms with Crippen molar-refractivity contribution in [2.45, 2.75) is 41.5 Å². The Labute approximate surface area is 364 Å². The van der Waals surface area contributed by atoms with E-state index >= 15 is 0 Å². The summed E-state index contributed by atoms with van der Waals surface area (Å²) < 4.78 is 0. The Hall–Kier alpha value is -6.68. The Morgan fingerprint density at radius 2 is 0.754 bits per heavy atom. The van der Waals surface area contributed by atoms with Gasteiger partial charge in [-0.2, -0.15) is 0 Å². The van der Waals surface area contributed by atoms with Crippen molar-refractivity contribution in [3.8, 4) is 0 Å². The Balaban J connectivity index is 1.25. The third-order valence-electron chi connectivity index (χ3n) is 12.7. The van der Waals surface area contributed by atoms with E-state index in [0.29, 0.717) is 0 Å². The average Bonchev–Trinajstić information content (AvgIpc) is 3.27. The Bertz CT molecular complexity index is 2810. The molecule has 9 rings (SSSR count). The van der Waals surface area contributed by atoms with Crippen molar-refractivity contribution in [1.29, 1.82) is 0 Å². The summed E-state index contributed by atoms with van der Waals surface area (Å²) in [6.07, 6.45) is 0. The highest BCUT2D eigenvalue weighted by molar-refractivity contribution is 7.20. The van der Waals surface area contributed by atoms with Gasteiger partial charge in [-0.25, -0.2) is 0 Å². The summed E-state index contributed by atoms with van der Waals surface area (Å²) in [5.74, 6) is 0. The maximum absolute atomic E-state index is 2.85. The lowest BCUT2D eigenvalue weighted by molar-refractivity contribution is 1.30. The third kappa shape index (κ3) is 7.34. The van der Waals surface area contributed by atoms with E-state index in [-0.39, 0.29) is 6.71 Å². The fourth-order valence-electron chi connectivity index (χ4n) is 10.3. The van der Waals surface area contributed by atoms with Crippen molar-refractivity contribution in [3.63, 3.8) is 0 Å². The predicted molar refractivity (Wildman–Crippen MR) is 268 cm³/mol. The SMILES string of the molecule is Cc1cc(C)c(B(c2ccc([Si](c3ccccc3)(c3ccccc3)c3ccc(N(c4ccccc4)c4cccc5ccccc45)cc3)cc2)c2c(C)cc(C)cc2C)c(C)c1. The van der Waals surface area contributed by atoms with Gasteiger partial charge < -0.3 is 4.90 Å². The number of anilines is 3. The normalized spacial score (nSPS) is 11.4. The molecule has 296 valence electrons. The van der Waals surface area contributed by atoms with Gasteiger partial charge in [0, 0.05) is 16.8 Å². The summed E-state index contributed by atoms with van der Waals surface area (Å²) in [5.41, 5.74) is 15.5. The fourth-order valence-corrected chi connectivity index (χ4v) is 15.1. The number of benzene rings is 9. The summed E-state index contributed by atoms with van der Waals surface area (Å²) in [7, 11) is -2.85. The molecule has 0 aliphatic rings. The minimum Gasteiger partial charge on any atom is -0.310 e. The second kappa shape index (κ2) is 16.8. The standard InChI is InChI=1S/C58H52BNSi/c1-41-37-43(3)57(44(4)38-41)59(58-45(5)39-42(2)40-46(58)6)48-29-33-53(34-30-48)61(51-23-12-8-13-24-51,52-25-14-9-15-26-52)54-35-31-50(32-36-54)60(49-21-10-7-11-22-49)56-28-18-20-47-19-16-17-27-55(47)56/h7-40H,1-6H3. The third-order valence-corrected chi connectivity index (χ3v) is 17.5. The molecule has 0 fully saturated rings. The van der Waals surface area contributed by atoms with Gasteiger partial charge in [0.2, 0.25) is 6.71 Å². The van der Waals surface area contributed by atoms with E-state index in [4.69, 9.17) is 0 Å². The number of aryl methyl sites for hydroxylation is 6. The first kappa shape index (κ1) is 39.8. The summed E-state index contributed by atoms with van der Waals surface area (Å²) in [4.78, 5) is 2.40. The lowest BCUT2D eigenvalue weighted by atomic mass is 9.34. The maximum atomic E-state index is 2.46. The minimum absolute atomic E-state index is 0.108. The molecule has 9 aromatic carbocycles. The smallest absolute Gasteiger partial charge is 0.242 e. The minimum atomic E-state index is -2.85. The number of rotatable bonds is 10. The van der Waals surface area contributed by atoms with Gasteiger partial charge in [-0.05, 0) is 98.0 Å². The lowest BCUT2D eigenvalue weighted by Crippen LogP contribution is -2.74. The molecule has 3 heteroatoms. The van der Waals surface area contributed by atoms with Crippen molar-refractivity contribution < 1.29 is 0 Å². The number of nitrogens with zero attached hydrogens (tertiary/aromatic N) is 1. The summed E-state index contributed by atoms with van der Waals surface area (Å²) in [6.45, 7) is 13.7. The number of hydrogen-bond acceptors (Lipinski definition) is 1. The van der Waals surface area contributed by atoms with Crippen LogP contribution in [-0.2, 0) is 0 Å². The number of para-hydroxylation sites is 1. The van der Waals surface area contributed by atoms with Gasteiger partial charge in [-0.3, -0.25) is 0 Å². The second-order valence-corrected chi connectivity index (χ2v) is 20.7. The zero-order valence-corrected chi connectivity index (χ0v) is 37.2. The Kier molecular flexibility index (Phi) is 10.9.